The van der Waals surface area contributed by atoms with E-state index in [0.29, 0.717) is 11.6 Å². The zero-order valence-corrected chi connectivity index (χ0v) is 22.6. The number of hydrogen-bond donors (Lipinski definition) is 2. The number of aromatic amines is 1. The predicted octanol–water partition coefficient (Wildman–Crippen LogP) is 3.99. The second-order valence-corrected chi connectivity index (χ2v) is 11.6. The Morgan fingerprint density at radius 1 is 0.947 bits per heavy atom. The molecule has 2 atom stereocenters. The number of piperidine rings is 1. The molecule has 3 heterocycles. The van der Waals surface area contributed by atoms with Gasteiger partial charge in [-0.15, -0.1) is 0 Å². The highest BCUT2D eigenvalue weighted by Crippen LogP contribution is 2.36. The molecule has 1 aliphatic heterocycles. The Morgan fingerprint density at radius 2 is 1.74 bits per heavy atom. The summed E-state index contributed by atoms with van der Waals surface area (Å²) in [6, 6.07) is 17.9. The lowest BCUT2D eigenvalue weighted by Gasteiger charge is -2.31. The van der Waals surface area contributed by atoms with E-state index in [9.17, 15) is 17.5 Å². The normalized spacial score (nSPS) is 16.6. The van der Waals surface area contributed by atoms with Crippen LogP contribution in [0.5, 0.6) is 0 Å². The lowest BCUT2D eigenvalue weighted by Crippen LogP contribution is -2.35. The summed E-state index contributed by atoms with van der Waals surface area (Å²) >= 11 is -4.17. The number of likely N-dealkylation sites (tertiary alicyclic amines) is 1. The molecule has 4 aromatic rings. The number of nitrogens with one attached hydrogen (secondary N) is 1. The molecule has 0 saturated carbocycles. The number of rotatable bonds is 9. The highest BCUT2D eigenvalue weighted by atomic mass is 32.2. The third-order valence-corrected chi connectivity index (χ3v) is 8.40. The fourth-order valence-corrected chi connectivity index (χ4v) is 6.39. The van der Waals surface area contributed by atoms with Gasteiger partial charge in [0.2, 0.25) is 0 Å². The molecule has 2 aromatic heterocycles. The van der Waals surface area contributed by atoms with Crippen LogP contribution in [0.3, 0.4) is 0 Å². The molecule has 3 N–H and O–H groups in total. The van der Waals surface area contributed by atoms with Gasteiger partial charge in [-0.1, -0.05) is 41.4 Å². The molecule has 10 heteroatoms. The average molecular weight is 551 g/mol. The minimum Gasteiger partial charge on any atom is -0.772 e. The summed E-state index contributed by atoms with van der Waals surface area (Å²) in [7, 11) is 0. The van der Waals surface area contributed by atoms with E-state index >= 15 is 0 Å². The van der Waals surface area contributed by atoms with Crippen LogP contribution >= 0.6 is 0 Å². The van der Waals surface area contributed by atoms with Crippen LogP contribution in [-0.4, -0.2) is 51.4 Å². The van der Waals surface area contributed by atoms with Gasteiger partial charge in [-0.3, -0.25) is 13.3 Å². The van der Waals surface area contributed by atoms with Crippen molar-refractivity contribution in [1.29, 1.82) is 0 Å². The number of aromatic nitrogens is 2. The minimum absolute atomic E-state index is 0.0168. The molecule has 2 aromatic carbocycles. The van der Waals surface area contributed by atoms with Gasteiger partial charge in [-0.05, 0) is 102 Å². The van der Waals surface area contributed by atoms with Crippen LogP contribution in [0.4, 0.5) is 5.69 Å². The molecule has 0 amide bonds. The molecule has 5 rings (SSSR count). The van der Waals surface area contributed by atoms with Gasteiger partial charge in [0.15, 0.2) is 0 Å². The molecule has 0 aliphatic carbocycles. The number of pyridine rings is 1. The molecule has 8 nitrogen and oxygen atoms in total. The average Bonchev–Trinajstić information content (AvgIpc) is 3.32. The van der Waals surface area contributed by atoms with Crippen LogP contribution in [-0.2, 0) is 40.8 Å². The van der Waals surface area contributed by atoms with Crippen molar-refractivity contribution in [3.05, 3.63) is 83.2 Å². The van der Waals surface area contributed by atoms with Gasteiger partial charge in [-0.25, -0.2) is 4.98 Å². The molecular weight excluding hydrogens is 520 g/mol. The maximum absolute atomic E-state index is 11.1. The van der Waals surface area contributed by atoms with Crippen LogP contribution in [0.25, 0.3) is 22.2 Å². The van der Waals surface area contributed by atoms with Crippen LogP contribution in [0.1, 0.15) is 41.1 Å². The van der Waals surface area contributed by atoms with Gasteiger partial charge < -0.3 is 19.8 Å². The zero-order chi connectivity index (χ0) is 26.6. The van der Waals surface area contributed by atoms with E-state index in [1.165, 1.54) is 0 Å². The topological polar surface area (TPSA) is 138 Å². The molecule has 1 aliphatic rings. The number of nitrogens with two attached hydrogens (primary N) is 1. The number of fused-ring (bicyclic) bond motifs is 1. The number of nitrogens with zero attached hydrogens (tertiary/aromatic N) is 2. The van der Waals surface area contributed by atoms with Gasteiger partial charge >= 0.3 is 0 Å². The third-order valence-electron chi connectivity index (χ3n) is 7.25. The fourth-order valence-electron chi connectivity index (χ4n) is 5.38. The standard InChI is InChI=1S/C28H32N4O4S2/c29-23-7-6-21(5-4-19-2-1-3-20(14-19)17-37(33)34)25(15-23)24-8-11-30-28-26(24)16-27(31-28)22-9-12-32(13-10-22)18-38(35)36/h1-3,6-8,11,14-16,22H,4-5,9-10,12-13,17-18,29H2,(H,30,31)(H,33,34)(H,35,36)/p-2. The first-order valence-electron chi connectivity index (χ1n) is 12.6. The largest absolute Gasteiger partial charge is 0.772 e. The van der Waals surface area contributed by atoms with E-state index < -0.39 is 22.2 Å². The van der Waals surface area contributed by atoms with Gasteiger partial charge in [0, 0.05) is 34.6 Å². The Kier molecular flexibility index (Phi) is 8.35. The Bertz CT molecular complexity index is 1480. The van der Waals surface area contributed by atoms with Gasteiger partial charge in [0.1, 0.15) is 5.65 Å². The molecule has 200 valence electrons. The van der Waals surface area contributed by atoms with Gasteiger partial charge in [-0.2, -0.15) is 0 Å². The first-order chi connectivity index (χ1) is 18.4. The summed E-state index contributed by atoms with van der Waals surface area (Å²) in [5, 5.41) is 1.04. The molecule has 38 heavy (non-hydrogen) atoms. The van der Waals surface area contributed by atoms with Crippen molar-refractivity contribution in [1.82, 2.24) is 14.9 Å². The maximum atomic E-state index is 11.1. The summed E-state index contributed by atoms with van der Waals surface area (Å²) in [6.07, 6.45) is 5.14. The van der Waals surface area contributed by atoms with E-state index in [4.69, 9.17) is 5.73 Å². The van der Waals surface area contributed by atoms with Crippen molar-refractivity contribution >= 4 is 38.9 Å². The van der Waals surface area contributed by atoms with Crippen LogP contribution in [0.2, 0.25) is 0 Å². The molecule has 1 fully saturated rings. The van der Waals surface area contributed by atoms with Crippen molar-refractivity contribution < 1.29 is 17.5 Å². The number of nitrogen functional groups attached to an aromatic ring is 1. The molecular formula is C28H30N4O4S2-2. The number of hydrogen-bond acceptors (Lipinski definition) is 7. The van der Waals surface area contributed by atoms with Crippen molar-refractivity contribution in [3.63, 3.8) is 0 Å². The number of benzene rings is 2. The van der Waals surface area contributed by atoms with E-state index in [0.717, 1.165) is 83.3 Å². The second kappa shape index (κ2) is 11.9. The summed E-state index contributed by atoms with van der Waals surface area (Å²) in [4.78, 5) is 10.1. The van der Waals surface area contributed by atoms with Crippen molar-refractivity contribution in [2.75, 3.05) is 24.7 Å². The first-order valence-corrected chi connectivity index (χ1v) is 15.1. The van der Waals surface area contributed by atoms with Crippen LogP contribution < -0.4 is 5.73 Å². The van der Waals surface area contributed by atoms with Crippen molar-refractivity contribution in [3.8, 4) is 11.1 Å². The molecule has 2 unspecified atom stereocenters. The first kappa shape index (κ1) is 26.7. The quantitative estimate of drug-likeness (QED) is 0.237. The SMILES string of the molecule is Nc1ccc(CCc2cccc(CS(=O)[O-])c2)c(-c2ccnc3[nH]c(C4CCN(CS(=O)[O-])CC4)cc23)c1. The van der Waals surface area contributed by atoms with Gasteiger partial charge in [0.25, 0.3) is 0 Å². The third kappa shape index (κ3) is 6.39. The Labute approximate surface area is 227 Å². The fraction of sp³-hybridized carbons (Fsp3) is 0.321. The number of anilines is 1. The monoisotopic (exact) mass is 550 g/mol. The summed E-state index contributed by atoms with van der Waals surface area (Å²) in [6.45, 7) is 1.50. The molecule has 0 bridgehead atoms. The lowest BCUT2D eigenvalue weighted by atomic mass is 9.92. The highest BCUT2D eigenvalue weighted by Gasteiger charge is 2.23. The summed E-state index contributed by atoms with van der Waals surface area (Å²) in [5.41, 5.74) is 14.0. The van der Waals surface area contributed by atoms with E-state index in [1.54, 1.807) is 0 Å². The van der Waals surface area contributed by atoms with Crippen LogP contribution in [0.15, 0.2) is 60.8 Å². The Balaban J connectivity index is 1.40. The van der Waals surface area contributed by atoms with E-state index in [2.05, 4.69) is 22.1 Å². The lowest BCUT2D eigenvalue weighted by molar-refractivity contribution is 0.238. The smallest absolute Gasteiger partial charge is 0.138 e. The Morgan fingerprint density at radius 3 is 2.50 bits per heavy atom. The second-order valence-electron chi connectivity index (χ2n) is 9.86. The van der Waals surface area contributed by atoms with Gasteiger partial charge in [0.05, 0.1) is 5.88 Å². The number of H-pyrrole nitrogens is 1. The van der Waals surface area contributed by atoms with Crippen LogP contribution in [0, 0.1) is 0 Å². The minimum atomic E-state index is -2.11. The van der Waals surface area contributed by atoms with Crippen molar-refractivity contribution in [2.24, 2.45) is 0 Å². The number of aryl methyl sites for hydroxylation is 2. The van der Waals surface area contributed by atoms with E-state index in [-0.39, 0.29) is 11.6 Å². The highest BCUT2D eigenvalue weighted by molar-refractivity contribution is 7.79. The van der Waals surface area contributed by atoms with E-state index in [1.807, 2.05) is 53.6 Å². The Hall–Kier alpha value is -2.89. The molecule has 0 radical (unpaired) electrons. The summed E-state index contributed by atoms with van der Waals surface area (Å²) < 4.78 is 44.3. The zero-order valence-electron chi connectivity index (χ0n) is 20.9. The molecule has 1 saturated heterocycles. The predicted molar refractivity (Wildman–Crippen MR) is 150 cm³/mol. The van der Waals surface area contributed by atoms with Crippen molar-refractivity contribution in [2.45, 2.75) is 37.4 Å². The maximum Gasteiger partial charge on any atom is 0.138 e. The molecule has 0 spiro atoms. The summed E-state index contributed by atoms with van der Waals surface area (Å²) in [5.74, 6) is 0.429.